The Morgan fingerprint density at radius 1 is 0.947 bits per heavy atom. The second-order valence-corrected chi connectivity index (χ2v) is 10.2. The number of amides is 1. The quantitative estimate of drug-likeness (QED) is 0.205. The van der Waals surface area contributed by atoms with Gasteiger partial charge in [0.2, 0.25) is 5.91 Å². The van der Waals surface area contributed by atoms with E-state index in [1.165, 1.54) is 5.56 Å². The predicted octanol–water partition coefficient (Wildman–Crippen LogP) is 6.94. The van der Waals surface area contributed by atoms with E-state index in [9.17, 15) is 4.79 Å². The maximum absolute atomic E-state index is 13.0. The Hall–Kier alpha value is -3.80. The summed E-state index contributed by atoms with van der Waals surface area (Å²) in [5.74, 6) is 3.42. The molecule has 38 heavy (non-hydrogen) atoms. The van der Waals surface area contributed by atoms with Gasteiger partial charge in [-0.25, -0.2) is 4.98 Å². The van der Waals surface area contributed by atoms with E-state index in [0.717, 1.165) is 53.4 Å². The van der Waals surface area contributed by atoms with Crippen molar-refractivity contribution >= 4 is 22.6 Å². The molecule has 2 heterocycles. The Morgan fingerprint density at radius 3 is 2.50 bits per heavy atom. The molecule has 1 aromatic heterocycles. The third-order valence-electron chi connectivity index (χ3n) is 7.21. The summed E-state index contributed by atoms with van der Waals surface area (Å²) in [5.41, 5.74) is 4.26. The molecule has 6 nitrogen and oxygen atoms in total. The van der Waals surface area contributed by atoms with Crippen LogP contribution in [0.1, 0.15) is 63.3 Å². The van der Waals surface area contributed by atoms with Crippen LogP contribution in [0.3, 0.4) is 0 Å². The molecule has 1 fully saturated rings. The highest BCUT2D eigenvalue weighted by Crippen LogP contribution is 2.34. The van der Waals surface area contributed by atoms with Crippen molar-refractivity contribution in [1.29, 1.82) is 0 Å². The molecule has 0 radical (unpaired) electrons. The van der Waals surface area contributed by atoms with Gasteiger partial charge in [0.25, 0.3) is 0 Å². The summed E-state index contributed by atoms with van der Waals surface area (Å²) in [7, 11) is 0. The lowest BCUT2D eigenvalue weighted by molar-refractivity contribution is -0.117. The molecule has 1 aliphatic rings. The molecule has 198 valence electrons. The molecule has 0 aliphatic carbocycles. The van der Waals surface area contributed by atoms with E-state index in [-0.39, 0.29) is 11.8 Å². The number of ether oxygens (including phenoxy) is 2. The first-order valence-corrected chi connectivity index (χ1v) is 13.7. The molecule has 4 aromatic rings. The van der Waals surface area contributed by atoms with Crippen LogP contribution < -0.4 is 14.4 Å². The van der Waals surface area contributed by atoms with Gasteiger partial charge in [0.1, 0.15) is 17.3 Å². The zero-order chi connectivity index (χ0) is 26.5. The lowest BCUT2D eigenvalue weighted by atomic mass is 10.0. The molecule has 5 rings (SSSR count). The second kappa shape index (κ2) is 11.7. The third-order valence-corrected chi connectivity index (χ3v) is 7.21. The summed E-state index contributed by atoms with van der Waals surface area (Å²) in [6.07, 6.45) is 2.38. The predicted molar refractivity (Wildman–Crippen MR) is 152 cm³/mol. The number of carbonyl (C=O) groups excluding carboxylic acids is 1. The third kappa shape index (κ3) is 5.54. The number of benzene rings is 3. The Labute approximate surface area is 225 Å². The summed E-state index contributed by atoms with van der Waals surface area (Å²) < 4.78 is 14.0. The molecule has 1 amide bonds. The van der Waals surface area contributed by atoms with E-state index in [0.29, 0.717) is 32.1 Å². The van der Waals surface area contributed by atoms with Crippen LogP contribution in [0, 0.1) is 0 Å². The van der Waals surface area contributed by atoms with Gasteiger partial charge in [-0.05, 0) is 73.7 Å². The monoisotopic (exact) mass is 511 g/mol. The number of hydrogen-bond donors (Lipinski definition) is 0. The Kier molecular flexibility index (Phi) is 7.97. The average Bonchev–Trinajstić information content (AvgIpc) is 3.49. The fourth-order valence-corrected chi connectivity index (χ4v) is 5.30. The van der Waals surface area contributed by atoms with Gasteiger partial charge in [-0.2, -0.15) is 0 Å². The van der Waals surface area contributed by atoms with Crippen molar-refractivity contribution in [2.75, 3.05) is 24.7 Å². The Morgan fingerprint density at radius 2 is 1.71 bits per heavy atom. The molecular formula is C32H37N3O3. The molecule has 0 spiro atoms. The van der Waals surface area contributed by atoms with E-state index in [1.807, 2.05) is 48.2 Å². The molecule has 1 atom stereocenters. The smallest absolute Gasteiger partial charge is 0.227 e. The number of carbonyl (C=O) groups is 1. The van der Waals surface area contributed by atoms with Crippen LogP contribution in [0.2, 0.25) is 0 Å². The largest absolute Gasteiger partial charge is 0.494 e. The number of unbranched alkanes of at least 4 members (excludes halogenated alkanes) is 1. The fourth-order valence-electron chi connectivity index (χ4n) is 5.30. The maximum Gasteiger partial charge on any atom is 0.227 e. The summed E-state index contributed by atoms with van der Waals surface area (Å²) in [6, 6.07) is 24.4. The van der Waals surface area contributed by atoms with Gasteiger partial charge in [-0.1, -0.05) is 44.2 Å². The standard InChI is InChI=1S/C32H37N3O3/c1-4-37-26-17-15-25(16-18-26)35-22-24(21-31(35)36)32-33-28-12-6-7-13-29(28)34(32)19-9-10-20-38-30-14-8-5-11-27(30)23(2)3/h5-8,11-18,23-24H,4,9-10,19-22H2,1-3H3. The van der Waals surface area contributed by atoms with Gasteiger partial charge in [-0.3, -0.25) is 4.79 Å². The Bertz CT molecular complexity index is 1380. The summed E-state index contributed by atoms with van der Waals surface area (Å²) >= 11 is 0. The molecule has 0 N–H and O–H groups in total. The van der Waals surface area contributed by atoms with Crippen molar-refractivity contribution in [3.8, 4) is 11.5 Å². The molecule has 1 aliphatic heterocycles. The molecule has 0 bridgehead atoms. The van der Waals surface area contributed by atoms with Gasteiger partial charge in [0, 0.05) is 31.1 Å². The average molecular weight is 512 g/mol. The molecular weight excluding hydrogens is 474 g/mol. The first kappa shape index (κ1) is 25.8. The van der Waals surface area contributed by atoms with Crippen LogP contribution in [0.15, 0.2) is 72.8 Å². The number of aryl methyl sites for hydroxylation is 1. The number of aromatic nitrogens is 2. The SMILES string of the molecule is CCOc1ccc(N2CC(c3nc4ccccc4n3CCCCOc3ccccc3C(C)C)CC2=O)cc1. The summed E-state index contributed by atoms with van der Waals surface area (Å²) in [6.45, 7) is 9.13. The van der Waals surface area contributed by atoms with Crippen molar-refractivity contribution in [1.82, 2.24) is 9.55 Å². The number of nitrogens with zero attached hydrogens (tertiary/aromatic N) is 3. The first-order chi connectivity index (χ1) is 18.5. The van der Waals surface area contributed by atoms with Crippen molar-refractivity contribution in [3.05, 3.63) is 84.2 Å². The van der Waals surface area contributed by atoms with Gasteiger partial charge in [0.05, 0.1) is 24.2 Å². The number of anilines is 1. The van der Waals surface area contributed by atoms with Crippen LogP contribution in [-0.2, 0) is 11.3 Å². The van der Waals surface area contributed by atoms with Gasteiger partial charge in [0.15, 0.2) is 0 Å². The molecule has 1 unspecified atom stereocenters. The summed E-state index contributed by atoms with van der Waals surface area (Å²) in [4.78, 5) is 19.9. The number of hydrogen-bond acceptors (Lipinski definition) is 4. The lowest BCUT2D eigenvalue weighted by Crippen LogP contribution is -2.24. The highest BCUT2D eigenvalue weighted by Gasteiger charge is 2.34. The highest BCUT2D eigenvalue weighted by atomic mass is 16.5. The van der Waals surface area contributed by atoms with E-state index in [1.54, 1.807) is 0 Å². The van der Waals surface area contributed by atoms with E-state index in [2.05, 4.69) is 54.8 Å². The zero-order valence-corrected chi connectivity index (χ0v) is 22.6. The topological polar surface area (TPSA) is 56.6 Å². The fraction of sp³-hybridized carbons (Fsp3) is 0.375. The second-order valence-electron chi connectivity index (χ2n) is 10.2. The minimum atomic E-state index is 0.0515. The molecule has 0 saturated carbocycles. The van der Waals surface area contributed by atoms with E-state index >= 15 is 0 Å². The maximum atomic E-state index is 13.0. The Balaban J connectivity index is 1.27. The highest BCUT2D eigenvalue weighted by molar-refractivity contribution is 5.96. The van der Waals surface area contributed by atoms with Crippen molar-refractivity contribution in [2.45, 2.75) is 58.4 Å². The van der Waals surface area contributed by atoms with Crippen molar-refractivity contribution < 1.29 is 14.3 Å². The van der Waals surface area contributed by atoms with Crippen LogP contribution in [0.5, 0.6) is 11.5 Å². The minimum absolute atomic E-state index is 0.0515. The van der Waals surface area contributed by atoms with Crippen molar-refractivity contribution in [3.63, 3.8) is 0 Å². The van der Waals surface area contributed by atoms with Crippen LogP contribution in [-0.4, -0.2) is 35.2 Å². The van der Waals surface area contributed by atoms with Crippen LogP contribution in [0.4, 0.5) is 5.69 Å². The minimum Gasteiger partial charge on any atom is -0.494 e. The first-order valence-electron chi connectivity index (χ1n) is 13.7. The van der Waals surface area contributed by atoms with E-state index in [4.69, 9.17) is 14.5 Å². The number of para-hydroxylation sites is 3. The molecule has 6 heteroatoms. The van der Waals surface area contributed by atoms with Gasteiger partial charge in [-0.15, -0.1) is 0 Å². The van der Waals surface area contributed by atoms with E-state index < -0.39 is 0 Å². The number of imidazole rings is 1. The molecule has 3 aromatic carbocycles. The molecule has 1 saturated heterocycles. The van der Waals surface area contributed by atoms with Crippen LogP contribution in [0.25, 0.3) is 11.0 Å². The van der Waals surface area contributed by atoms with Crippen molar-refractivity contribution in [2.24, 2.45) is 0 Å². The normalized spacial score (nSPS) is 15.5. The van der Waals surface area contributed by atoms with Gasteiger partial charge >= 0.3 is 0 Å². The number of fused-ring (bicyclic) bond motifs is 1. The van der Waals surface area contributed by atoms with Gasteiger partial charge < -0.3 is 18.9 Å². The van der Waals surface area contributed by atoms with Crippen LogP contribution >= 0.6 is 0 Å². The summed E-state index contributed by atoms with van der Waals surface area (Å²) in [5, 5.41) is 0. The lowest BCUT2D eigenvalue weighted by Gasteiger charge is -2.18. The zero-order valence-electron chi connectivity index (χ0n) is 22.6. The number of rotatable bonds is 11.